The van der Waals surface area contributed by atoms with Gasteiger partial charge in [0.1, 0.15) is 5.60 Å². The van der Waals surface area contributed by atoms with Crippen LogP contribution in [0.5, 0.6) is 0 Å². The molecule has 25 heavy (non-hydrogen) atoms. The molecule has 0 spiro atoms. The van der Waals surface area contributed by atoms with Gasteiger partial charge in [-0.3, -0.25) is 4.99 Å². The van der Waals surface area contributed by atoms with E-state index in [0.29, 0.717) is 25.6 Å². The Kier molecular flexibility index (Phi) is 9.66. The SMILES string of the molecule is CCNC(=NCC(C)CN(C)C(=O)OC(C)(C)C)NCCC(F)(F)F. The van der Waals surface area contributed by atoms with Gasteiger partial charge in [-0.1, -0.05) is 6.92 Å². The number of aliphatic imine (C=N–C) groups is 1. The molecular formula is C16H31F3N4O2. The Morgan fingerprint density at radius 1 is 1.24 bits per heavy atom. The summed E-state index contributed by atoms with van der Waals surface area (Å²) in [6.07, 6.45) is -5.54. The molecule has 0 aromatic carbocycles. The number of carbonyl (C=O) groups excluding carboxylic acids is 1. The number of hydrogen-bond acceptors (Lipinski definition) is 3. The Morgan fingerprint density at radius 3 is 2.32 bits per heavy atom. The minimum atomic E-state index is -4.20. The first kappa shape index (κ1) is 23.3. The lowest BCUT2D eigenvalue weighted by Gasteiger charge is -2.26. The highest BCUT2D eigenvalue weighted by Crippen LogP contribution is 2.18. The molecule has 148 valence electrons. The van der Waals surface area contributed by atoms with Gasteiger partial charge in [0.05, 0.1) is 6.42 Å². The summed E-state index contributed by atoms with van der Waals surface area (Å²) in [4.78, 5) is 17.6. The third-order valence-electron chi connectivity index (χ3n) is 2.90. The summed E-state index contributed by atoms with van der Waals surface area (Å²) in [7, 11) is 1.64. The molecule has 0 fully saturated rings. The van der Waals surface area contributed by atoms with E-state index < -0.39 is 24.3 Å². The van der Waals surface area contributed by atoms with Crippen LogP contribution in [0, 0.1) is 5.92 Å². The molecule has 0 aliphatic rings. The van der Waals surface area contributed by atoms with Gasteiger partial charge in [-0.2, -0.15) is 13.2 Å². The van der Waals surface area contributed by atoms with Crippen molar-refractivity contribution in [2.45, 2.75) is 52.8 Å². The van der Waals surface area contributed by atoms with Gasteiger partial charge in [-0.25, -0.2) is 4.79 Å². The van der Waals surface area contributed by atoms with Gasteiger partial charge in [0.25, 0.3) is 0 Å². The maximum absolute atomic E-state index is 12.2. The zero-order valence-corrected chi connectivity index (χ0v) is 16.0. The van der Waals surface area contributed by atoms with E-state index in [1.165, 1.54) is 4.90 Å². The third kappa shape index (κ3) is 13.3. The van der Waals surface area contributed by atoms with Crippen LogP contribution in [0.1, 0.15) is 41.0 Å². The van der Waals surface area contributed by atoms with Crippen LogP contribution in [0.2, 0.25) is 0 Å². The van der Waals surface area contributed by atoms with Crippen LogP contribution in [0.3, 0.4) is 0 Å². The lowest BCUT2D eigenvalue weighted by atomic mass is 10.2. The number of nitrogens with one attached hydrogen (secondary N) is 2. The Morgan fingerprint density at radius 2 is 1.84 bits per heavy atom. The molecule has 0 aliphatic carbocycles. The largest absolute Gasteiger partial charge is 0.444 e. The molecule has 1 unspecified atom stereocenters. The van der Waals surface area contributed by atoms with Crippen LogP contribution in [-0.2, 0) is 4.74 Å². The molecule has 0 heterocycles. The maximum Gasteiger partial charge on any atom is 0.410 e. The van der Waals surface area contributed by atoms with Crippen LogP contribution in [0.15, 0.2) is 4.99 Å². The van der Waals surface area contributed by atoms with Crippen molar-refractivity contribution in [1.29, 1.82) is 0 Å². The lowest BCUT2D eigenvalue weighted by Crippen LogP contribution is -2.40. The van der Waals surface area contributed by atoms with Gasteiger partial charge in [-0.05, 0) is 33.6 Å². The van der Waals surface area contributed by atoms with Gasteiger partial charge >= 0.3 is 12.3 Å². The normalized spacial score (nSPS) is 14.0. The first-order chi connectivity index (χ1) is 11.3. The molecule has 2 N–H and O–H groups in total. The highest BCUT2D eigenvalue weighted by molar-refractivity contribution is 5.79. The number of alkyl halides is 3. The third-order valence-corrected chi connectivity index (χ3v) is 2.90. The first-order valence-corrected chi connectivity index (χ1v) is 8.37. The van der Waals surface area contributed by atoms with E-state index in [4.69, 9.17) is 4.74 Å². The van der Waals surface area contributed by atoms with E-state index in [9.17, 15) is 18.0 Å². The zero-order valence-electron chi connectivity index (χ0n) is 16.0. The smallest absolute Gasteiger partial charge is 0.410 e. The molecule has 0 rings (SSSR count). The van der Waals surface area contributed by atoms with Crippen molar-refractivity contribution in [2.75, 3.05) is 33.2 Å². The standard InChI is InChI=1S/C16H31F3N4O2/c1-7-20-13(21-9-8-16(17,18)19)22-10-12(2)11-23(6)14(24)25-15(3,4)5/h12H,7-11H2,1-6H3,(H2,20,21,22). The predicted molar refractivity (Wildman–Crippen MR) is 92.7 cm³/mol. The predicted octanol–water partition coefficient (Wildman–Crippen LogP) is 3.00. The molecule has 0 saturated carbocycles. The van der Waals surface area contributed by atoms with E-state index in [1.54, 1.807) is 27.8 Å². The van der Waals surface area contributed by atoms with E-state index in [0.717, 1.165) is 0 Å². The number of nitrogens with zero attached hydrogens (tertiary/aromatic N) is 2. The topological polar surface area (TPSA) is 66.0 Å². The number of rotatable bonds is 7. The summed E-state index contributed by atoms with van der Waals surface area (Å²) in [6, 6.07) is 0. The summed E-state index contributed by atoms with van der Waals surface area (Å²) in [5.74, 6) is 0.356. The fraction of sp³-hybridized carbons (Fsp3) is 0.875. The van der Waals surface area contributed by atoms with Crippen LogP contribution in [-0.4, -0.2) is 62.0 Å². The highest BCUT2D eigenvalue weighted by Gasteiger charge is 2.26. The van der Waals surface area contributed by atoms with Gasteiger partial charge in [0.15, 0.2) is 5.96 Å². The van der Waals surface area contributed by atoms with E-state index in [1.807, 2.05) is 13.8 Å². The average molecular weight is 368 g/mol. The second-order valence-electron chi connectivity index (χ2n) is 6.98. The van der Waals surface area contributed by atoms with Crippen molar-refractivity contribution in [3.05, 3.63) is 0 Å². The van der Waals surface area contributed by atoms with E-state index in [-0.39, 0.29) is 12.5 Å². The van der Waals surface area contributed by atoms with Gasteiger partial charge in [-0.15, -0.1) is 0 Å². The number of halogens is 3. The van der Waals surface area contributed by atoms with Gasteiger partial charge in [0, 0.05) is 33.2 Å². The van der Waals surface area contributed by atoms with E-state index in [2.05, 4.69) is 15.6 Å². The van der Waals surface area contributed by atoms with Gasteiger partial charge in [0.2, 0.25) is 0 Å². The molecular weight excluding hydrogens is 337 g/mol. The molecule has 6 nitrogen and oxygen atoms in total. The average Bonchev–Trinajstić information content (AvgIpc) is 2.41. The molecule has 0 bridgehead atoms. The zero-order chi connectivity index (χ0) is 19.7. The summed E-state index contributed by atoms with van der Waals surface area (Å²) in [5.41, 5.74) is -0.562. The van der Waals surface area contributed by atoms with Crippen molar-refractivity contribution >= 4 is 12.1 Å². The molecule has 0 aromatic rings. The Balaban J connectivity index is 4.44. The second-order valence-corrected chi connectivity index (χ2v) is 6.98. The van der Waals surface area contributed by atoms with Crippen molar-refractivity contribution in [1.82, 2.24) is 15.5 Å². The lowest BCUT2D eigenvalue weighted by molar-refractivity contribution is -0.132. The number of amides is 1. The summed E-state index contributed by atoms with van der Waals surface area (Å²) in [5, 5.41) is 5.55. The molecule has 0 aromatic heterocycles. The fourth-order valence-electron chi connectivity index (χ4n) is 1.85. The number of hydrogen-bond donors (Lipinski definition) is 2. The first-order valence-electron chi connectivity index (χ1n) is 8.37. The van der Waals surface area contributed by atoms with Crippen LogP contribution in [0.25, 0.3) is 0 Å². The summed E-state index contributed by atoms with van der Waals surface area (Å²) in [6.45, 7) is 10.2. The summed E-state index contributed by atoms with van der Waals surface area (Å²) < 4.78 is 41.8. The quantitative estimate of drug-likeness (QED) is 0.536. The van der Waals surface area contributed by atoms with Crippen LogP contribution >= 0.6 is 0 Å². The van der Waals surface area contributed by atoms with Crippen molar-refractivity contribution in [2.24, 2.45) is 10.9 Å². The minimum Gasteiger partial charge on any atom is -0.444 e. The van der Waals surface area contributed by atoms with Crippen LogP contribution < -0.4 is 10.6 Å². The number of carbonyl (C=O) groups is 1. The Hall–Kier alpha value is -1.67. The number of ether oxygens (including phenoxy) is 1. The molecule has 0 radical (unpaired) electrons. The molecule has 1 atom stereocenters. The van der Waals surface area contributed by atoms with Crippen molar-refractivity contribution < 1.29 is 22.7 Å². The van der Waals surface area contributed by atoms with E-state index >= 15 is 0 Å². The maximum atomic E-state index is 12.2. The monoisotopic (exact) mass is 368 g/mol. The van der Waals surface area contributed by atoms with Gasteiger partial charge < -0.3 is 20.3 Å². The summed E-state index contributed by atoms with van der Waals surface area (Å²) >= 11 is 0. The minimum absolute atomic E-state index is 0.0237. The Labute approximate surface area is 148 Å². The fourth-order valence-corrected chi connectivity index (χ4v) is 1.85. The van der Waals surface area contributed by atoms with Crippen molar-refractivity contribution in [3.8, 4) is 0 Å². The van der Waals surface area contributed by atoms with Crippen molar-refractivity contribution in [3.63, 3.8) is 0 Å². The molecule has 1 amide bonds. The Bertz CT molecular complexity index is 434. The molecule has 0 saturated heterocycles. The highest BCUT2D eigenvalue weighted by atomic mass is 19.4. The number of guanidine groups is 1. The molecule has 0 aliphatic heterocycles. The second kappa shape index (κ2) is 10.4. The molecule has 9 heteroatoms. The van der Waals surface area contributed by atoms with Crippen LogP contribution in [0.4, 0.5) is 18.0 Å².